The Labute approximate surface area is 160 Å². The molecule has 2 aromatic rings. The summed E-state index contributed by atoms with van der Waals surface area (Å²) in [7, 11) is -0.715. The summed E-state index contributed by atoms with van der Waals surface area (Å²) in [5.41, 5.74) is 0.297. The van der Waals surface area contributed by atoms with Crippen molar-refractivity contribution < 1.29 is 22.7 Å². The molecule has 0 saturated carbocycles. The van der Waals surface area contributed by atoms with Gasteiger partial charge in [-0.25, -0.2) is 8.42 Å². The molecule has 0 aliphatic heterocycles. The van der Waals surface area contributed by atoms with Crippen molar-refractivity contribution in [3.05, 3.63) is 48.5 Å². The molecule has 0 radical (unpaired) electrons. The predicted octanol–water partition coefficient (Wildman–Crippen LogP) is 3.86. The predicted molar refractivity (Wildman–Crippen MR) is 105 cm³/mol. The van der Waals surface area contributed by atoms with E-state index in [9.17, 15) is 13.2 Å². The summed E-state index contributed by atoms with van der Waals surface area (Å²) in [5.74, 6) is 0.635. The molecule has 2 aromatic carbocycles. The number of nitrogens with zero attached hydrogens (tertiary/aromatic N) is 1. The van der Waals surface area contributed by atoms with E-state index in [1.54, 1.807) is 36.4 Å². The summed E-state index contributed by atoms with van der Waals surface area (Å²) in [6.45, 7) is 5.86. The number of anilines is 1. The van der Waals surface area contributed by atoms with Crippen LogP contribution < -0.4 is 13.8 Å². The fourth-order valence-electron chi connectivity index (χ4n) is 2.37. The molecule has 0 heterocycles. The smallest absolute Gasteiger partial charge is 0.311 e. The van der Waals surface area contributed by atoms with Crippen molar-refractivity contribution in [2.24, 2.45) is 5.41 Å². The minimum Gasteiger partial charge on any atom is -0.497 e. The Kier molecular flexibility index (Phi) is 6.15. The first-order valence-electron chi connectivity index (χ1n) is 8.47. The zero-order chi connectivity index (χ0) is 20.2. The summed E-state index contributed by atoms with van der Waals surface area (Å²) < 4.78 is 37.0. The Hall–Kier alpha value is -2.54. The normalized spacial score (nSPS) is 11.7. The largest absolute Gasteiger partial charge is 0.497 e. The van der Waals surface area contributed by atoms with Crippen LogP contribution in [0.15, 0.2) is 53.4 Å². The number of esters is 1. The Morgan fingerprint density at radius 1 is 0.963 bits per heavy atom. The maximum atomic E-state index is 12.8. The molecule has 2 rings (SSSR count). The second-order valence-corrected chi connectivity index (χ2v) is 9.32. The minimum absolute atomic E-state index is 0.159. The highest BCUT2D eigenvalue weighted by Crippen LogP contribution is 2.26. The van der Waals surface area contributed by atoms with Crippen molar-refractivity contribution in [2.45, 2.75) is 32.1 Å². The zero-order valence-corrected chi connectivity index (χ0v) is 17.0. The third-order valence-corrected chi connectivity index (χ3v) is 5.62. The van der Waals surface area contributed by atoms with Crippen molar-refractivity contribution in [3.63, 3.8) is 0 Å². The van der Waals surface area contributed by atoms with Crippen LogP contribution in [0.1, 0.15) is 27.2 Å². The van der Waals surface area contributed by atoms with E-state index in [1.807, 2.05) is 20.8 Å². The number of methoxy groups -OCH3 is 1. The number of ether oxygens (including phenoxy) is 2. The molecule has 0 fully saturated rings. The van der Waals surface area contributed by atoms with E-state index in [0.29, 0.717) is 23.6 Å². The molecular weight excluding hydrogens is 366 g/mol. The lowest BCUT2D eigenvalue weighted by molar-refractivity contribution is -0.136. The van der Waals surface area contributed by atoms with E-state index in [0.717, 1.165) is 0 Å². The molecule has 146 valence electrons. The van der Waals surface area contributed by atoms with Crippen LogP contribution >= 0.6 is 0 Å². The second kappa shape index (κ2) is 8.00. The summed E-state index contributed by atoms with van der Waals surface area (Å²) in [6, 6.07) is 12.5. The Balaban J connectivity index is 2.14. The molecule has 0 spiro atoms. The van der Waals surface area contributed by atoms with Crippen LogP contribution in [-0.4, -0.2) is 28.5 Å². The van der Waals surface area contributed by atoms with E-state index in [-0.39, 0.29) is 16.3 Å². The summed E-state index contributed by atoms with van der Waals surface area (Å²) in [5, 5.41) is 0. The van der Waals surface area contributed by atoms with Gasteiger partial charge in [0.05, 0.1) is 24.1 Å². The van der Waals surface area contributed by atoms with Crippen LogP contribution in [0.3, 0.4) is 0 Å². The molecule has 27 heavy (non-hydrogen) atoms. The van der Waals surface area contributed by atoms with E-state index in [4.69, 9.17) is 9.47 Å². The average molecular weight is 391 g/mol. The lowest BCUT2D eigenvalue weighted by atomic mass is 9.92. The lowest BCUT2D eigenvalue weighted by Gasteiger charge is -2.20. The Morgan fingerprint density at radius 2 is 1.48 bits per heavy atom. The summed E-state index contributed by atoms with van der Waals surface area (Å²) >= 11 is 0. The Bertz CT molecular complexity index is 881. The van der Waals surface area contributed by atoms with E-state index in [1.165, 1.54) is 30.6 Å². The van der Waals surface area contributed by atoms with Crippen LogP contribution in [0, 0.1) is 5.41 Å². The van der Waals surface area contributed by atoms with E-state index < -0.39 is 10.0 Å². The highest BCUT2D eigenvalue weighted by Gasteiger charge is 2.22. The number of carbonyl (C=O) groups is 1. The molecular formula is C20H25NO5S. The first-order valence-corrected chi connectivity index (χ1v) is 9.91. The fourth-order valence-corrected chi connectivity index (χ4v) is 3.56. The van der Waals surface area contributed by atoms with Gasteiger partial charge in [-0.15, -0.1) is 0 Å². The van der Waals surface area contributed by atoms with Crippen LogP contribution in [0.2, 0.25) is 0 Å². The standard InChI is InChI=1S/C20H25NO5S/c1-20(2,3)14-19(22)26-17-8-6-15(7-9-17)21(4)27(23,24)18-12-10-16(25-5)11-13-18/h6-13H,14H2,1-5H3. The number of benzene rings is 2. The molecule has 7 heteroatoms. The fraction of sp³-hybridized carbons (Fsp3) is 0.350. The maximum absolute atomic E-state index is 12.8. The number of hydrogen-bond acceptors (Lipinski definition) is 5. The van der Waals surface area contributed by atoms with E-state index >= 15 is 0 Å². The molecule has 0 unspecified atom stereocenters. The van der Waals surface area contributed by atoms with Crippen LogP contribution in [0.5, 0.6) is 11.5 Å². The molecule has 0 aliphatic rings. The van der Waals surface area contributed by atoms with Gasteiger partial charge < -0.3 is 9.47 Å². The number of sulfonamides is 1. The topological polar surface area (TPSA) is 72.9 Å². The molecule has 0 amide bonds. The third kappa shape index (κ3) is 5.47. The highest BCUT2D eigenvalue weighted by molar-refractivity contribution is 7.92. The quantitative estimate of drug-likeness (QED) is 0.552. The monoisotopic (exact) mass is 391 g/mol. The third-order valence-electron chi connectivity index (χ3n) is 3.82. The van der Waals surface area contributed by atoms with Gasteiger partial charge in [-0.1, -0.05) is 20.8 Å². The van der Waals surface area contributed by atoms with Gasteiger partial charge in [-0.05, 0) is 53.9 Å². The molecule has 6 nitrogen and oxygen atoms in total. The van der Waals surface area contributed by atoms with Crippen molar-refractivity contribution in [3.8, 4) is 11.5 Å². The van der Waals surface area contributed by atoms with Crippen LogP contribution in [0.4, 0.5) is 5.69 Å². The van der Waals surface area contributed by atoms with Crippen LogP contribution in [-0.2, 0) is 14.8 Å². The first-order chi connectivity index (χ1) is 12.5. The molecule has 0 N–H and O–H groups in total. The maximum Gasteiger partial charge on any atom is 0.311 e. The summed E-state index contributed by atoms with van der Waals surface area (Å²) in [6.07, 6.45) is 0.292. The van der Waals surface area contributed by atoms with Gasteiger partial charge in [-0.3, -0.25) is 9.10 Å². The van der Waals surface area contributed by atoms with Gasteiger partial charge in [0.15, 0.2) is 0 Å². The van der Waals surface area contributed by atoms with Crippen molar-refractivity contribution in [2.75, 3.05) is 18.5 Å². The molecule has 0 saturated heterocycles. The van der Waals surface area contributed by atoms with E-state index in [2.05, 4.69) is 0 Å². The van der Waals surface area contributed by atoms with Gasteiger partial charge in [0.1, 0.15) is 11.5 Å². The van der Waals surface area contributed by atoms with Gasteiger partial charge in [0.2, 0.25) is 0 Å². The molecule has 0 aromatic heterocycles. The zero-order valence-electron chi connectivity index (χ0n) is 16.2. The Morgan fingerprint density at radius 3 is 1.96 bits per heavy atom. The number of rotatable bonds is 6. The van der Waals surface area contributed by atoms with Gasteiger partial charge in [0, 0.05) is 7.05 Å². The number of hydrogen-bond donors (Lipinski definition) is 0. The van der Waals surface area contributed by atoms with Gasteiger partial charge >= 0.3 is 5.97 Å². The van der Waals surface area contributed by atoms with Gasteiger partial charge in [-0.2, -0.15) is 0 Å². The SMILES string of the molecule is COc1ccc(S(=O)(=O)N(C)c2ccc(OC(=O)CC(C)(C)C)cc2)cc1. The average Bonchev–Trinajstić information content (AvgIpc) is 2.60. The molecule has 0 aliphatic carbocycles. The van der Waals surface area contributed by atoms with Crippen LogP contribution in [0.25, 0.3) is 0 Å². The van der Waals surface area contributed by atoms with Crippen molar-refractivity contribution in [1.82, 2.24) is 0 Å². The van der Waals surface area contributed by atoms with Crippen molar-refractivity contribution in [1.29, 1.82) is 0 Å². The highest BCUT2D eigenvalue weighted by atomic mass is 32.2. The second-order valence-electron chi connectivity index (χ2n) is 7.35. The minimum atomic E-state index is -3.71. The lowest BCUT2D eigenvalue weighted by Crippen LogP contribution is -2.26. The van der Waals surface area contributed by atoms with Gasteiger partial charge in [0.25, 0.3) is 10.0 Å². The number of carbonyl (C=O) groups excluding carboxylic acids is 1. The molecule has 0 atom stereocenters. The molecule has 0 bridgehead atoms. The first kappa shape index (κ1) is 20.8. The van der Waals surface area contributed by atoms with Crippen molar-refractivity contribution >= 4 is 21.7 Å². The summed E-state index contributed by atoms with van der Waals surface area (Å²) in [4.78, 5) is 12.1.